The van der Waals surface area contributed by atoms with E-state index in [1.807, 2.05) is 32.0 Å². The highest BCUT2D eigenvalue weighted by molar-refractivity contribution is 7.18. The molecule has 4 aromatic rings. The standard InChI is InChI=1S/C17H16N6O2S/c1-3-12-16(19-8-25-12)17-21-15(7-14(18)24)22-23(17)10-4-5-11-13(6-10)26-9(2)20-11/h4-6,8H,3,7H2,1-2H3,(H2,18,24). The van der Waals surface area contributed by atoms with Crippen LogP contribution in [0.25, 0.3) is 27.4 Å². The zero-order valence-corrected chi connectivity index (χ0v) is 15.1. The van der Waals surface area contributed by atoms with Gasteiger partial charge < -0.3 is 10.2 Å². The Bertz CT molecular complexity index is 1110. The van der Waals surface area contributed by atoms with E-state index in [0.29, 0.717) is 29.5 Å². The molecule has 0 aliphatic heterocycles. The Kier molecular flexibility index (Phi) is 4.00. The average Bonchev–Trinajstić information content (AvgIpc) is 3.29. The second-order valence-electron chi connectivity index (χ2n) is 5.77. The van der Waals surface area contributed by atoms with E-state index in [9.17, 15) is 4.79 Å². The van der Waals surface area contributed by atoms with Gasteiger partial charge in [0.1, 0.15) is 11.5 Å². The molecule has 3 heterocycles. The van der Waals surface area contributed by atoms with Crippen LogP contribution in [0.5, 0.6) is 0 Å². The van der Waals surface area contributed by atoms with E-state index < -0.39 is 5.91 Å². The number of nitrogens with zero attached hydrogens (tertiary/aromatic N) is 5. The number of hydrogen-bond donors (Lipinski definition) is 1. The summed E-state index contributed by atoms with van der Waals surface area (Å²) in [6.07, 6.45) is 2.01. The first-order valence-corrected chi connectivity index (χ1v) is 8.91. The van der Waals surface area contributed by atoms with Gasteiger partial charge in [0.15, 0.2) is 18.0 Å². The normalized spacial score (nSPS) is 11.3. The lowest BCUT2D eigenvalue weighted by Crippen LogP contribution is -2.14. The Hall–Kier alpha value is -3.07. The number of amides is 1. The number of fused-ring (bicyclic) bond motifs is 1. The van der Waals surface area contributed by atoms with Gasteiger partial charge in [-0.05, 0) is 25.1 Å². The molecule has 1 amide bonds. The largest absolute Gasteiger partial charge is 0.448 e. The Morgan fingerprint density at radius 2 is 2.19 bits per heavy atom. The molecule has 0 unspecified atom stereocenters. The summed E-state index contributed by atoms with van der Waals surface area (Å²) in [5, 5.41) is 5.47. The highest BCUT2D eigenvalue weighted by atomic mass is 32.1. The smallest absolute Gasteiger partial charge is 0.225 e. The predicted molar refractivity (Wildman–Crippen MR) is 97.0 cm³/mol. The monoisotopic (exact) mass is 368 g/mol. The van der Waals surface area contributed by atoms with Crippen molar-refractivity contribution in [3.63, 3.8) is 0 Å². The summed E-state index contributed by atoms with van der Waals surface area (Å²) in [5.41, 5.74) is 7.66. The Balaban J connectivity index is 1.89. The SMILES string of the molecule is CCc1ocnc1-c1nc(CC(N)=O)nn1-c1ccc2nc(C)sc2c1. The maximum atomic E-state index is 11.3. The number of oxazole rings is 1. The van der Waals surface area contributed by atoms with E-state index in [4.69, 9.17) is 10.2 Å². The Morgan fingerprint density at radius 3 is 2.96 bits per heavy atom. The summed E-state index contributed by atoms with van der Waals surface area (Å²) in [5.74, 6) is 1.09. The average molecular weight is 368 g/mol. The minimum Gasteiger partial charge on any atom is -0.448 e. The molecule has 9 heteroatoms. The number of benzene rings is 1. The molecular weight excluding hydrogens is 352 g/mol. The summed E-state index contributed by atoms with van der Waals surface area (Å²) in [6, 6.07) is 5.86. The maximum Gasteiger partial charge on any atom is 0.225 e. The Labute approximate surface area is 152 Å². The summed E-state index contributed by atoms with van der Waals surface area (Å²) in [6.45, 7) is 3.94. The van der Waals surface area contributed by atoms with Gasteiger partial charge in [-0.2, -0.15) is 5.10 Å². The highest BCUT2D eigenvalue weighted by Gasteiger charge is 2.20. The van der Waals surface area contributed by atoms with Gasteiger partial charge in [-0.1, -0.05) is 6.92 Å². The first kappa shape index (κ1) is 16.4. The van der Waals surface area contributed by atoms with Gasteiger partial charge in [0, 0.05) is 6.42 Å². The van der Waals surface area contributed by atoms with Gasteiger partial charge in [0.25, 0.3) is 0 Å². The van der Waals surface area contributed by atoms with Crippen LogP contribution >= 0.6 is 11.3 Å². The molecule has 132 valence electrons. The van der Waals surface area contributed by atoms with Gasteiger partial charge in [0.2, 0.25) is 5.91 Å². The van der Waals surface area contributed by atoms with Crippen molar-refractivity contribution in [3.8, 4) is 17.2 Å². The third kappa shape index (κ3) is 2.86. The number of aryl methyl sites for hydroxylation is 2. The fraction of sp³-hybridized carbons (Fsp3) is 0.235. The molecular formula is C17H16N6O2S. The van der Waals surface area contributed by atoms with Crippen LogP contribution in [0.15, 0.2) is 29.0 Å². The Morgan fingerprint density at radius 1 is 1.35 bits per heavy atom. The number of thiazole rings is 1. The number of carbonyl (C=O) groups excluding carboxylic acids is 1. The van der Waals surface area contributed by atoms with Crippen LogP contribution in [0.2, 0.25) is 0 Å². The zero-order valence-electron chi connectivity index (χ0n) is 14.3. The third-order valence-corrected chi connectivity index (χ3v) is 4.81. The van der Waals surface area contributed by atoms with Gasteiger partial charge >= 0.3 is 0 Å². The van der Waals surface area contributed by atoms with Gasteiger partial charge in [-0.3, -0.25) is 4.79 Å². The first-order valence-electron chi connectivity index (χ1n) is 8.09. The molecule has 0 atom stereocenters. The summed E-state index contributed by atoms with van der Waals surface area (Å²) >= 11 is 1.61. The van der Waals surface area contributed by atoms with Crippen LogP contribution in [0.1, 0.15) is 23.5 Å². The number of hydrogen-bond acceptors (Lipinski definition) is 7. The molecule has 0 saturated heterocycles. The van der Waals surface area contributed by atoms with Crippen LogP contribution in [-0.2, 0) is 17.6 Å². The van der Waals surface area contributed by atoms with Crippen LogP contribution in [0.4, 0.5) is 0 Å². The van der Waals surface area contributed by atoms with Crippen molar-refractivity contribution in [1.29, 1.82) is 0 Å². The topological polar surface area (TPSA) is 113 Å². The van der Waals surface area contributed by atoms with E-state index in [0.717, 1.165) is 20.9 Å². The lowest BCUT2D eigenvalue weighted by Gasteiger charge is -2.05. The van der Waals surface area contributed by atoms with Crippen molar-refractivity contribution in [2.24, 2.45) is 5.73 Å². The van der Waals surface area contributed by atoms with E-state index in [1.165, 1.54) is 6.39 Å². The number of aromatic nitrogens is 5. The van der Waals surface area contributed by atoms with Gasteiger partial charge in [-0.15, -0.1) is 11.3 Å². The van der Waals surface area contributed by atoms with Crippen molar-refractivity contribution in [1.82, 2.24) is 24.7 Å². The zero-order chi connectivity index (χ0) is 18.3. The van der Waals surface area contributed by atoms with E-state index >= 15 is 0 Å². The number of nitrogens with two attached hydrogens (primary N) is 1. The first-order chi connectivity index (χ1) is 12.5. The fourth-order valence-corrected chi connectivity index (χ4v) is 3.64. The quantitative estimate of drug-likeness (QED) is 0.579. The maximum absolute atomic E-state index is 11.3. The fourth-order valence-electron chi connectivity index (χ4n) is 2.78. The second-order valence-corrected chi connectivity index (χ2v) is 7.00. The molecule has 8 nitrogen and oxygen atoms in total. The van der Waals surface area contributed by atoms with Crippen molar-refractivity contribution >= 4 is 27.5 Å². The van der Waals surface area contributed by atoms with Gasteiger partial charge in [-0.25, -0.2) is 19.6 Å². The molecule has 26 heavy (non-hydrogen) atoms. The van der Waals surface area contributed by atoms with Gasteiger partial charge in [0.05, 0.1) is 27.3 Å². The molecule has 1 aromatic carbocycles. The van der Waals surface area contributed by atoms with Crippen LogP contribution in [-0.4, -0.2) is 30.6 Å². The molecule has 0 radical (unpaired) electrons. The lowest BCUT2D eigenvalue weighted by molar-refractivity contribution is -0.117. The molecule has 3 aromatic heterocycles. The predicted octanol–water partition coefficient (Wildman–Crippen LogP) is 2.43. The van der Waals surface area contributed by atoms with Crippen molar-refractivity contribution in [2.45, 2.75) is 26.7 Å². The highest BCUT2D eigenvalue weighted by Crippen LogP contribution is 2.28. The molecule has 0 fully saturated rings. The molecule has 0 aliphatic carbocycles. The number of carbonyl (C=O) groups is 1. The summed E-state index contributed by atoms with van der Waals surface area (Å²) in [4.78, 5) is 24.5. The molecule has 0 spiro atoms. The third-order valence-electron chi connectivity index (χ3n) is 3.88. The molecule has 4 rings (SSSR count). The van der Waals surface area contributed by atoms with Crippen molar-refractivity contribution in [3.05, 3.63) is 41.2 Å². The molecule has 2 N–H and O–H groups in total. The van der Waals surface area contributed by atoms with Crippen molar-refractivity contribution < 1.29 is 9.21 Å². The number of rotatable bonds is 5. The number of primary amides is 1. The molecule has 0 bridgehead atoms. The molecule has 0 aliphatic rings. The minimum absolute atomic E-state index is 0.0405. The van der Waals surface area contributed by atoms with Crippen LogP contribution < -0.4 is 5.73 Å². The molecule has 0 saturated carbocycles. The van der Waals surface area contributed by atoms with E-state index in [-0.39, 0.29) is 6.42 Å². The van der Waals surface area contributed by atoms with Crippen LogP contribution in [0, 0.1) is 6.92 Å². The van der Waals surface area contributed by atoms with Crippen LogP contribution in [0.3, 0.4) is 0 Å². The van der Waals surface area contributed by atoms with Crippen molar-refractivity contribution in [2.75, 3.05) is 0 Å². The minimum atomic E-state index is -0.488. The second kappa shape index (κ2) is 6.34. The van der Waals surface area contributed by atoms with E-state index in [2.05, 4.69) is 20.1 Å². The summed E-state index contributed by atoms with van der Waals surface area (Å²) in [7, 11) is 0. The lowest BCUT2D eigenvalue weighted by atomic mass is 10.2. The summed E-state index contributed by atoms with van der Waals surface area (Å²) < 4.78 is 8.15. The van der Waals surface area contributed by atoms with E-state index in [1.54, 1.807) is 16.0 Å².